The van der Waals surface area contributed by atoms with Crippen molar-refractivity contribution < 1.29 is 14.3 Å². The summed E-state index contributed by atoms with van der Waals surface area (Å²) in [4.78, 5) is 26.2. The second-order valence-electron chi connectivity index (χ2n) is 5.59. The Morgan fingerprint density at radius 1 is 1.17 bits per heavy atom. The molecular weight excluding hydrogens is 330 g/mol. The molecule has 1 aliphatic heterocycles. The smallest absolute Gasteiger partial charge is 0.220 e. The van der Waals surface area contributed by atoms with E-state index in [1.807, 2.05) is 0 Å². The lowest BCUT2D eigenvalue weighted by Crippen LogP contribution is -2.46. The van der Waals surface area contributed by atoms with Gasteiger partial charge in [-0.05, 0) is 24.3 Å². The molecule has 0 atom stereocenters. The highest BCUT2D eigenvalue weighted by atomic mass is 35.5. The zero-order chi connectivity index (χ0) is 16.5. The highest BCUT2D eigenvalue weighted by Gasteiger charge is 2.11. The van der Waals surface area contributed by atoms with Gasteiger partial charge in [0.2, 0.25) is 5.91 Å². The van der Waals surface area contributed by atoms with Gasteiger partial charge in [0.1, 0.15) is 5.75 Å². The molecular formula is C17H26ClN3O3. The largest absolute Gasteiger partial charge is 0.497 e. The van der Waals surface area contributed by atoms with Crippen LogP contribution in [0.5, 0.6) is 5.75 Å². The Labute approximate surface area is 149 Å². The number of Topliss-reactive ketones (excluding diaryl/α,β-unsaturated/α-hetero) is 1. The van der Waals surface area contributed by atoms with Crippen molar-refractivity contribution in [3.05, 3.63) is 29.8 Å². The number of nitrogens with zero attached hydrogens (tertiary/aromatic N) is 1. The molecule has 7 heteroatoms. The molecule has 2 rings (SSSR count). The van der Waals surface area contributed by atoms with Crippen molar-refractivity contribution in [3.8, 4) is 5.75 Å². The minimum absolute atomic E-state index is 0. The second kappa shape index (κ2) is 11.0. The third-order valence-corrected chi connectivity index (χ3v) is 3.95. The number of carbonyl (C=O) groups is 2. The molecule has 0 aliphatic carbocycles. The van der Waals surface area contributed by atoms with Crippen LogP contribution in [0.1, 0.15) is 23.2 Å². The first-order valence-electron chi connectivity index (χ1n) is 8.06. The van der Waals surface area contributed by atoms with E-state index < -0.39 is 0 Å². The number of hydrogen-bond donors (Lipinski definition) is 2. The summed E-state index contributed by atoms with van der Waals surface area (Å²) >= 11 is 0. The topological polar surface area (TPSA) is 70.7 Å². The van der Waals surface area contributed by atoms with E-state index in [0.717, 1.165) is 32.7 Å². The van der Waals surface area contributed by atoms with Gasteiger partial charge in [0.25, 0.3) is 0 Å². The van der Waals surface area contributed by atoms with Crippen LogP contribution < -0.4 is 15.4 Å². The molecule has 1 aromatic carbocycles. The number of hydrogen-bond acceptors (Lipinski definition) is 5. The van der Waals surface area contributed by atoms with Crippen molar-refractivity contribution >= 4 is 24.1 Å². The molecule has 0 spiro atoms. The minimum Gasteiger partial charge on any atom is -0.497 e. The Bertz CT molecular complexity index is 516. The maximum absolute atomic E-state index is 12.0. The van der Waals surface area contributed by atoms with Crippen LogP contribution in [0.4, 0.5) is 0 Å². The quantitative estimate of drug-likeness (QED) is 0.683. The van der Waals surface area contributed by atoms with E-state index >= 15 is 0 Å². The molecule has 0 saturated carbocycles. The van der Waals surface area contributed by atoms with E-state index in [1.165, 1.54) is 0 Å². The normalized spacial score (nSPS) is 14.5. The van der Waals surface area contributed by atoms with Gasteiger partial charge in [0, 0.05) is 57.7 Å². The lowest BCUT2D eigenvalue weighted by atomic mass is 10.1. The third-order valence-electron chi connectivity index (χ3n) is 3.95. The second-order valence-corrected chi connectivity index (χ2v) is 5.59. The lowest BCUT2D eigenvalue weighted by Gasteiger charge is -2.27. The number of ketones is 1. The lowest BCUT2D eigenvalue weighted by molar-refractivity contribution is -0.121. The maximum Gasteiger partial charge on any atom is 0.220 e. The van der Waals surface area contributed by atoms with Gasteiger partial charge in [-0.15, -0.1) is 12.4 Å². The first-order chi connectivity index (χ1) is 11.2. The van der Waals surface area contributed by atoms with E-state index in [-0.39, 0.29) is 36.9 Å². The molecule has 1 amide bonds. The molecule has 134 valence electrons. The number of carbonyl (C=O) groups excluding carboxylic acids is 2. The van der Waals surface area contributed by atoms with Crippen LogP contribution in [0.2, 0.25) is 0 Å². The fraction of sp³-hybridized carbons (Fsp3) is 0.529. The van der Waals surface area contributed by atoms with Crippen LogP contribution in [-0.4, -0.2) is 63.0 Å². The molecule has 0 unspecified atom stereocenters. The SMILES string of the molecule is COc1ccc(C(=O)CCC(=O)NCCN2CCNCC2)cc1.Cl. The predicted octanol–water partition coefficient (Wildman–Crippen LogP) is 1.10. The molecule has 0 aromatic heterocycles. The number of ether oxygens (including phenoxy) is 1. The number of methoxy groups -OCH3 is 1. The standard InChI is InChI=1S/C17H25N3O3.ClH/c1-23-15-4-2-14(3-5-15)16(21)6-7-17(22)19-10-13-20-11-8-18-9-12-20;/h2-5,18H,6-13H2,1H3,(H,19,22);1H. The van der Waals surface area contributed by atoms with E-state index in [2.05, 4.69) is 15.5 Å². The summed E-state index contributed by atoms with van der Waals surface area (Å²) in [6.07, 6.45) is 0.457. The van der Waals surface area contributed by atoms with Gasteiger partial charge in [0.05, 0.1) is 7.11 Å². The Hall–Kier alpha value is -1.63. The van der Waals surface area contributed by atoms with Gasteiger partial charge < -0.3 is 15.4 Å². The van der Waals surface area contributed by atoms with Crippen LogP contribution in [0.3, 0.4) is 0 Å². The average molecular weight is 356 g/mol. The summed E-state index contributed by atoms with van der Waals surface area (Å²) < 4.78 is 5.06. The van der Waals surface area contributed by atoms with Gasteiger partial charge in [-0.2, -0.15) is 0 Å². The number of nitrogens with one attached hydrogen (secondary N) is 2. The van der Waals surface area contributed by atoms with Crippen molar-refractivity contribution in [1.29, 1.82) is 0 Å². The monoisotopic (exact) mass is 355 g/mol. The summed E-state index contributed by atoms with van der Waals surface area (Å²) in [5, 5.41) is 6.18. The molecule has 0 radical (unpaired) electrons. The molecule has 6 nitrogen and oxygen atoms in total. The highest BCUT2D eigenvalue weighted by Crippen LogP contribution is 2.13. The van der Waals surface area contributed by atoms with E-state index in [4.69, 9.17) is 4.74 Å². The Kier molecular flexibility index (Phi) is 9.37. The van der Waals surface area contributed by atoms with E-state index in [0.29, 0.717) is 17.9 Å². The third kappa shape index (κ3) is 6.86. The highest BCUT2D eigenvalue weighted by molar-refractivity contribution is 5.98. The maximum atomic E-state index is 12.0. The fourth-order valence-electron chi connectivity index (χ4n) is 2.52. The number of benzene rings is 1. The molecule has 1 saturated heterocycles. The van der Waals surface area contributed by atoms with Gasteiger partial charge in [0.15, 0.2) is 5.78 Å². The van der Waals surface area contributed by atoms with Crippen molar-refractivity contribution in [1.82, 2.24) is 15.5 Å². The summed E-state index contributed by atoms with van der Waals surface area (Å²) in [6.45, 7) is 5.54. The van der Waals surface area contributed by atoms with Crippen molar-refractivity contribution in [2.75, 3.05) is 46.4 Å². The molecule has 1 heterocycles. The van der Waals surface area contributed by atoms with Crippen molar-refractivity contribution in [2.45, 2.75) is 12.8 Å². The van der Waals surface area contributed by atoms with Gasteiger partial charge in [-0.25, -0.2) is 0 Å². The summed E-state index contributed by atoms with van der Waals surface area (Å²) in [6, 6.07) is 6.95. The van der Waals surface area contributed by atoms with Crippen LogP contribution in [0.25, 0.3) is 0 Å². The molecule has 0 bridgehead atoms. The first-order valence-corrected chi connectivity index (χ1v) is 8.06. The zero-order valence-corrected chi connectivity index (χ0v) is 14.9. The summed E-state index contributed by atoms with van der Waals surface area (Å²) in [5.74, 6) is 0.624. The Morgan fingerprint density at radius 3 is 2.46 bits per heavy atom. The fourth-order valence-corrected chi connectivity index (χ4v) is 2.52. The zero-order valence-electron chi connectivity index (χ0n) is 14.0. The molecule has 24 heavy (non-hydrogen) atoms. The number of amides is 1. The van der Waals surface area contributed by atoms with E-state index in [9.17, 15) is 9.59 Å². The van der Waals surface area contributed by atoms with Crippen LogP contribution in [0.15, 0.2) is 24.3 Å². The summed E-state index contributed by atoms with van der Waals surface area (Å²) in [5.41, 5.74) is 0.611. The van der Waals surface area contributed by atoms with Gasteiger partial charge >= 0.3 is 0 Å². The van der Waals surface area contributed by atoms with Crippen molar-refractivity contribution in [2.24, 2.45) is 0 Å². The molecule has 1 aromatic rings. The molecule has 2 N–H and O–H groups in total. The van der Waals surface area contributed by atoms with E-state index in [1.54, 1.807) is 31.4 Å². The number of rotatable bonds is 8. The van der Waals surface area contributed by atoms with Crippen LogP contribution in [0, 0.1) is 0 Å². The summed E-state index contributed by atoms with van der Waals surface area (Å²) in [7, 11) is 1.58. The Morgan fingerprint density at radius 2 is 1.83 bits per heavy atom. The van der Waals surface area contributed by atoms with Crippen LogP contribution >= 0.6 is 12.4 Å². The van der Waals surface area contributed by atoms with Crippen LogP contribution in [-0.2, 0) is 4.79 Å². The van der Waals surface area contributed by atoms with Gasteiger partial charge in [-0.3, -0.25) is 14.5 Å². The Balaban J connectivity index is 0.00000288. The predicted molar refractivity (Wildman–Crippen MR) is 96.1 cm³/mol. The number of halogens is 1. The molecule has 1 aliphatic rings. The van der Waals surface area contributed by atoms with Crippen molar-refractivity contribution in [3.63, 3.8) is 0 Å². The average Bonchev–Trinajstić information content (AvgIpc) is 2.60. The molecule has 1 fully saturated rings. The first kappa shape index (κ1) is 20.4. The number of piperazine rings is 1. The minimum atomic E-state index is -0.0676. The van der Waals surface area contributed by atoms with Gasteiger partial charge in [-0.1, -0.05) is 0 Å².